The predicted molar refractivity (Wildman–Crippen MR) is 133 cm³/mol. The van der Waals surface area contributed by atoms with Crippen LogP contribution in [0, 0.1) is 10.1 Å². The molecule has 1 aliphatic heterocycles. The fraction of sp³-hybridized carbons (Fsp3) is 0.273. The Balaban J connectivity index is 1.53. The standard InChI is InChI=1S/C22H24N8O3S/c31-12-13-34-19-9-8-16(14-18(19)30(32)33)15-23-28-21-25-20(24-17-6-2-1-3-7-17)26-22(27-21)29-10-4-5-11-29/h1-3,6-9,14-15,31H,4-5,10-13H2,(H2,24,25,26,27,28). The minimum Gasteiger partial charge on any atom is -0.396 e. The van der Waals surface area contributed by atoms with Gasteiger partial charge in [-0.3, -0.25) is 10.1 Å². The average molecular weight is 481 g/mol. The summed E-state index contributed by atoms with van der Waals surface area (Å²) in [4.78, 5) is 27.0. The summed E-state index contributed by atoms with van der Waals surface area (Å²) in [5.74, 6) is 1.59. The second-order valence-corrected chi connectivity index (χ2v) is 8.53. The number of rotatable bonds is 10. The zero-order chi connectivity index (χ0) is 23.8. The summed E-state index contributed by atoms with van der Waals surface area (Å²) in [7, 11) is 0. The maximum Gasteiger partial charge on any atom is 0.283 e. The van der Waals surface area contributed by atoms with Crippen LogP contribution in [0.25, 0.3) is 0 Å². The number of nitrogens with one attached hydrogen (secondary N) is 2. The Hall–Kier alpha value is -3.77. The number of para-hydroxylation sites is 1. The van der Waals surface area contributed by atoms with E-state index in [1.165, 1.54) is 24.0 Å². The minimum absolute atomic E-state index is 0.0340. The molecule has 3 N–H and O–H groups in total. The third-order valence-electron chi connectivity index (χ3n) is 4.95. The SMILES string of the molecule is O=[N+]([O-])c1cc(C=NNc2nc(Nc3ccccc3)nc(N3CCCC3)n2)ccc1SCCO. The molecule has 0 unspecified atom stereocenters. The normalized spacial score (nSPS) is 13.4. The van der Waals surface area contributed by atoms with Gasteiger partial charge in [-0.15, -0.1) is 11.8 Å². The van der Waals surface area contributed by atoms with Crippen LogP contribution in [-0.4, -0.2) is 56.6 Å². The molecule has 4 rings (SSSR count). The number of nitro benzene ring substituents is 1. The Morgan fingerprint density at radius 3 is 2.62 bits per heavy atom. The molecule has 34 heavy (non-hydrogen) atoms. The van der Waals surface area contributed by atoms with Crippen LogP contribution in [-0.2, 0) is 0 Å². The highest BCUT2D eigenvalue weighted by atomic mass is 32.2. The van der Waals surface area contributed by atoms with Gasteiger partial charge in [0.15, 0.2) is 0 Å². The highest BCUT2D eigenvalue weighted by Gasteiger charge is 2.18. The van der Waals surface area contributed by atoms with Crippen LogP contribution < -0.4 is 15.6 Å². The van der Waals surface area contributed by atoms with Crippen LogP contribution >= 0.6 is 11.8 Å². The molecule has 12 heteroatoms. The monoisotopic (exact) mass is 480 g/mol. The van der Waals surface area contributed by atoms with Crippen LogP contribution in [0.3, 0.4) is 0 Å². The molecule has 0 amide bonds. The van der Waals surface area contributed by atoms with Crippen LogP contribution in [0.2, 0.25) is 0 Å². The number of anilines is 4. The lowest BCUT2D eigenvalue weighted by Crippen LogP contribution is -2.21. The Morgan fingerprint density at radius 1 is 1.12 bits per heavy atom. The molecule has 0 aliphatic carbocycles. The van der Waals surface area contributed by atoms with Crippen molar-refractivity contribution >= 4 is 47.2 Å². The van der Waals surface area contributed by atoms with E-state index >= 15 is 0 Å². The van der Waals surface area contributed by atoms with Gasteiger partial charge in [-0.05, 0) is 31.0 Å². The van der Waals surface area contributed by atoms with E-state index in [-0.39, 0.29) is 18.2 Å². The van der Waals surface area contributed by atoms with Crippen molar-refractivity contribution < 1.29 is 10.0 Å². The van der Waals surface area contributed by atoms with Gasteiger partial charge in [0, 0.05) is 36.2 Å². The number of hydrogen-bond donors (Lipinski definition) is 3. The average Bonchev–Trinajstić information content (AvgIpc) is 3.39. The molecule has 1 aromatic heterocycles. The van der Waals surface area contributed by atoms with Crippen molar-refractivity contribution in [1.29, 1.82) is 0 Å². The van der Waals surface area contributed by atoms with E-state index in [1.807, 2.05) is 30.3 Å². The molecule has 0 bridgehead atoms. The van der Waals surface area contributed by atoms with Crippen molar-refractivity contribution in [1.82, 2.24) is 15.0 Å². The van der Waals surface area contributed by atoms with E-state index < -0.39 is 4.92 Å². The van der Waals surface area contributed by atoms with Gasteiger partial charge in [0.1, 0.15) is 0 Å². The molecular weight excluding hydrogens is 456 g/mol. The molecule has 0 radical (unpaired) electrons. The number of benzene rings is 2. The maximum atomic E-state index is 11.4. The Kier molecular flexibility index (Phi) is 7.83. The van der Waals surface area contributed by atoms with Crippen molar-refractivity contribution in [3.63, 3.8) is 0 Å². The minimum atomic E-state index is -0.444. The van der Waals surface area contributed by atoms with Crippen molar-refractivity contribution in [2.75, 3.05) is 41.1 Å². The lowest BCUT2D eigenvalue weighted by Gasteiger charge is -2.16. The molecule has 1 saturated heterocycles. The van der Waals surface area contributed by atoms with E-state index in [0.717, 1.165) is 31.6 Å². The number of hydrogen-bond acceptors (Lipinski definition) is 11. The van der Waals surface area contributed by atoms with Gasteiger partial charge >= 0.3 is 0 Å². The lowest BCUT2D eigenvalue weighted by atomic mass is 10.2. The largest absolute Gasteiger partial charge is 0.396 e. The topological polar surface area (TPSA) is 142 Å². The molecule has 0 atom stereocenters. The summed E-state index contributed by atoms with van der Waals surface area (Å²) >= 11 is 1.23. The Morgan fingerprint density at radius 2 is 1.88 bits per heavy atom. The van der Waals surface area contributed by atoms with Crippen molar-refractivity contribution in [3.8, 4) is 0 Å². The smallest absolute Gasteiger partial charge is 0.283 e. The first-order valence-electron chi connectivity index (χ1n) is 10.8. The van der Waals surface area contributed by atoms with Crippen molar-refractivity contribution in [2.24, 2.45) is 5.10 Å². The third-order valence-corrected chi connectivity index (χ3v) is 5.99. The number of aliphatic hydroxyl groups is 1. The van der Waals surface area contributed by atoms with Crippen LogP contribution in [0.4, 0.5) is 29.2 Å². The molecule has 2 heterocycles. The molecule has 2 aromatic carbocycles. The molecule has 3 aromatic rings. The highest BCUT2D eigenvalue weighted by molar-refractivity contribution is 7.99. The predicted octanol–water partition coefficient (Wildman–Crippen LogP) is 3.65. The van der Waals surface area contributed by atoms with Crippen LogP contribution in [0.1, 0.15) is 18.4 Å². The second-order valence-electron chi connectivity index (χ2n) is 7.39. The Bertz CT molecular complexity index is 1160. The highest BCUT2D eigenvalue weighted by Crippen LogP contribution is 2.29. The third kappa shape index (κ3) is 6.17. The van der Waals surface area contributed by atoms with Gasteiger partial charge < -0.3 is 15.3 Å². The molecule has 0 spiro atoms. The first kappa shape index (κ1) is 23.4. The Labute approximate surface area is 200 Å². The van der Waals surface area contributed by atoms with Crippen molar-refractivity contribution in [3.05, 3.63) is 64.2 Å². The maximum absolute atomic E-state index is 11.4. The molecule has 0 saturated carbocycles. The van der Waals surface area contributed by atoms with E-state index in [1.54, 1.807) is 12.1 Å². The second kappa shape index (κ2) is 11.4. The summed E-state index contributed by atoms with van der Waals surface area (Å²) in [6.07, 6.45) is 3.63. The van der Waals surface area contributed by atoms with Gasteiger partial charge in [0.25, 0.3) is 5.69 Å². The van der Waals surface area contributed by atoms with Gasteiger partial charge in [-0.1, -0.05) is 24.3 Å². The number of hydrazone groups is 1. The quantitative estimate of drug-likeness (QED) is 0.170. The number of aliphatic hydroxyl groups excluding tert-OH is 1. The zero-order valence-corrected chi connectivity index (χ0v) is 19.1. The molecule has 1 aliphatic rings. The van der Waals surface area contributed by atoms with Crippen LogP contribution in [0.15, 0.2) is 58.5 Å². The van der Waals surface area contributed by atoms with Crippen LogP contribution in [0.5, 0.6) is 0 Å². The van der Waals surface area contributed by atoms with Crippen molar-refractivity contribution in [2.45, 2.75) is 17.7 Å². The molecule has 11 nitrogen and oxygen atoms in total. The molecular formula is C22H24N8O3S. The van der Waals surface area contributed by atoms with Gasteiger partial charge in [0.2, 0.25) is 17.8 Å². The van der Waals surface area contributed by atoms with Gasteiger partial charge in [-0.2, -0.15) is 20.1 Å². The van der Waals surface area contributed by atoms with E-state index in [9.17, 15) is 10.1 Å². The van der Waals surface area contributed by atoms with E-state index in [2.05, 4.69) is 35.7 Å². The summed E-state index contributed by atoms with van der Waals surface area (Å²) in [5, 5.41) is 27.8. The summed E-state index contributed by atoms with van der Waals surface area (Å²) in [5.41, 5.74) is 4.17. The fourth-order valence-electron chi connectivity index (χ4n) is 3.38. The van der Waals surface area contributed by atoms with E-state index in [4.69, 9.17) is 5.11 Å². The molecule has 1 fully saturated rings. The summed E-state index contributed by atoms with van der Waals surface area (Å²) in [6.45, 7) is 1.70. The molecule has 176 valence electrons. The van der Waals surface area contributed by atoms with Gasteiger partial charge in [-0.25, -0.2) is 5.43 Å². The van der Waals surface area contributed by atoms with Gasteiger partial charge in [0.05, 0.1) is 22.6 Å². The van der Waals surface area contributed by atoms with E-state index in [0.29, 0.717) is 28.1 Å². The summed E-state index contributed by atoms with van der Waals surface area (Å²) < 4.78 is 0. The first-order chi connectivity index (χ1) is 16.6. The lowest BCUT2D eigenvalue weighted by molar-refractivity contribution is -0.387. The number of thioether (sulfide) groups is 1. The number of nitrogens with zero attached hydrogens (tertiary/aromatic N) is 6. The number of aromatic nitrogens is 3. The number of nitro groups is 1. The zero-order valence-electron chi connectivity index (χ0n) is 18.3. The fourth-order valence-corrected chi connectivity index (χ4v) is 4.14. The summed E-state index contributed by atoms with van der Waals surface area (Å²) in [6, 6.07) is 14.4. The first-order valence-corrected chi connectivity index (χ1v) is 11.8.